The number of amides is 1. The van der Waals surface area contributed by atoms with Crippen LogP contribution in [0.2, 0.25) is 0 Å². The number of hydrogen-bond acceptors (Lipinski definition) is 8. The van der Waals surface area contributed by atoms with Crippen LogP contribution in [0.15, 0.2) is 4.52 Å². The summed E-state index contributed by atoms with van der Waals surface area (Å²) in [5.41, 5.74) is -0.658. The van der Waals surface area contributed by atoms with E-state index in [1.165, 1.54) is 0 Å². The van der Waals surface area contributed by atoms with Gasteiger partial charge in [-0.05, 0) is 52.4 Å². The van der Waals surface area contributed by atoms with Crippen molar-refractivity contribution in [1.29, 1.82) is 0 Å². The van der Waals surface area contributed by atoms with E-state index in [-0.39, 0.29) is 17.8 Å². The molecule has 0 aromatic carbocycles. The topological polar surface area (TPSA) is 107 Å². The summed E-state index contributed by atoms with van der Waals surface area (Å²) in [7, 11) is 3.82. The van der Waals surface area contributed by atoms with Gasteiger partial charge in [0.1, 0.15) is 12.2 Å². The molecule has 1 amide bonds. The normalized spacial score (nSPS) is 13.0. The van der Waals surface area contributed by atoms with Crippen LogP contribution in [0.1, 0.15) is 51.7 Å². The van der Waals surface area contributed by atoms with Gasteiger partial charge >= 0.3 is 12.2 Å². The lowest BCUT2D eigenvalue weighted by Gasteiger charge is -2.23. The van der Waals surface area contributed by atoms with Crippen LogP contribution < -0.4 is 10.1 Å². The Bertz CT molecular complexity index is 592. The van der Waals surface area contributed by atoms with Crippen LogP contribution >= 0.6 is 0 Å². The van der Waals surface area contributed by atoms with Crippen molar-refractivity contribution in [3.63, 3.8) is 0 Å². The van der Waals surface area contributed by atoms with Crippen molar-refractivity contribution in [2.24, 2.45) is 5.92 Å². The highest BCUT2D eigenvalue weighted by molar-refractivity contribution is 5.98. The molecule has 0 aliphatic heterocycles. The fourth-order valence-electron chi connectivity index (χ4n) is 1.99. The van der Waals surface area contributed by atoms with E-state index in [1.54, 1.807) is 20.8 Å². The molecule has 26 heavy (non-hydrogen) atoms. The fraction of sp³-hybridized carbons (Fsp3) is 0.765. The van der Waals surface area contributed by atoms with Gasteiger partial charge in [-0.1, -0.05) is 13.8 Å². The summed E-state index contributed by atoms with van der Waals surface area (Å²) < 4.78 is 15.5. The van der Waals surface area contributed by atoms with Crippen molar-refractivity contribution in [3.05, 3.63) is 5.82 Å². The van der Waals surface area contributed by atoms with Crippen LogP contribution in [0.5, 0.6) is 6.08 Å². The van der Waals surface area contributed by atoms with Gasteiger partial charge in [-0.25, -0.2) is 4.79 Å². The van der Waals surface area contributed by atoms with Crippen molar-refractivity contribution in [3.8, 4) is 6.08 Å². The molecule has 0 radical (unpaired) electrons. The van der Waals surface area contributed by atoms with Crippen LogP contribution in [-0.4, -0.2) is 65.8 Å². The number of carbonyl (C=O) groups is 2. The number of hydrogen-bond donors (Lipinski definition) is 1. The van der Waals surface area contributed by atoms with Crippen molar-refractivity contribution in [2.75, 3.05) is 27.2 Å². The molecule has 1 atom stereocenters. The maximum absolute atomic E-state index is 12.7. The van der Waals surface area contributed by atoms with Gasteiger partial charge in [-0.2, -0.15) is 0 Å². The van der Waals surface area contributed by atoms with Gasteiger partial charge in [0.2, 0.25) is 11.6 Å². The average molecular weight is 370 g/mol. The maximum atomic E-state index is 12.7. The van der Waals surface area contributed by atoms with Gasteiger partial charge in [0.05, 0.1) is 6.04 Å². The van der Waals surface area contributed by atoms with Gasteiger partial charge in [-0.15, -0.1) is 4.98 Å². The Morgan fingerprint density at radius 1 is 1.27 bits per heavy atom. The first-order valence-electron chi connectivity index (χ1n) is 8.63. The number of nitrogens with zero attached hydrogens (tertiary/aromatic N) is 3. The van der Waals surface area contributed by atoms with E-state index in [0.29, 0.717) is 19.6 Å². The summed E-state index contributed by atoms with van der Waals surface area (Å²) in [5.74, 6) is -0.413. The molecule has 1 unspecified atom stereocenters. The van der Waals surface area contributed by atoms with E-state index in [9.17, 15) is 9.59 Å². The molecule has 1 rings (SSSR count). The molecular weight excluding hydrogens is 340 g/mol. The Labute approximate surface area is 154 Å². The number of likely N-dealkylation sites (N-methyl/N-ethyl adjacent to an activating group) is 1. The van der Waals surface area contributed by atoms with Crippen LogP contribution in [0.3, 0.4) is 0 Å². The second-order valence-electron chi connectivity index (χ2n) is 7.73. The first kappa shape index (κ1) is 21.9. The third-order valence-corrected chi connectivity index (χ3v) is 3.11. The number of ether oxygens (including phenoxy) is 2. The molecule has 1 aromatic rings. The Hall–Kier alpha value is -2.16. The minimum absolute atomic E-state index is 0.0734. The third-order valence-electron chi connectivity index (χ3n) is 3.11. The summed E-state index contributed by atoms with van der Waals surface area (Å²) in [4.78, 5) is 30.6. The Morgan fingerprint density at radius 3 is 2.46 bits per heavy atom. The molecule has 9 nitrogen and oxygen atoms in total. The van der Waals surface area contributed by atoms with Crippen molar-refractivity contribution >= 4 is 11.9 Å². The maximum Gasteiger partial charge on any atom is 0.417 e. The third kappa shape index (κ3) is 8.28. The minimum atomic E-state index is -0.808. The highest BCUT2D eigenvalue weighted by Gasteiger charge is 2.29. The van der Waals surface area contributed by atoms with Gasteiger partial charge < -0.3 is 19.7 Å². The Kier molecular flexibility index (Phi) is 8.01. The summed E-state index contributed by atoms with van der Waals surface area (Å²) in [5, 5.41) is 6.25. The zero-order chi connectivity index (χ0) is 19.9. The van der Waals surface area contributed by atoms with Gasteiger partial charge in [0.25, 0.3) is 0 Å². The van der Waals surface area contributed by atoms with E-state index >= 15 is 0 Å². The van der Waals surface area contributed by atoms with Crippen LogP contribution in [0.25, 0.3) is 0 Å². The van der Waals surface area contributed by atoms with Gasteiger partial charge in [0, 0.05) is 6.54 Å². The number of aromatic nitrogens is 2. The highest BCUT2D eigenvalue weighted by atomic mass is 16.6. The molecule has 9 heteroatoms. The predicted octanol–water partition coefficient (Wildman–Crippen LogP) is 2.13. The number of rotatable bonds is 9. The van der Waals surface area contributed by atoms with Crippen molar-refractivity contribution in [1.82, 2.24) is 20.4 Å². The molecule has 0 saturated carbocycles. The second-order valence-corrected chi connectivity index (χ2v) is 7.73. The van der Waals surface area contributed by atoms with Gasteiger partial charge in [-0.3, -0.25) is 9.32 Å². The summed E-state index contributed by atoms with van der Waals surface area (Å²) in [6.45, 7) is 10.2. The smallest absolute Gasteiger partial charge is 0.417 e. The molecule has 0 aliphatic carbocycles. The molecule has 0 spiro atoms. The second kappa shape index (κ2) is 9.51. The van der Waals surface area contributed by atoms with E-state index in [2.05, 4.69) is 15.5 Å². The molecule has 0 bridgehead atoms. The Balaban J connectivity index is 2.76. The first-order chi connectivity index (χ1) is 12.0. The van der Waals surface area contributed by atoms with Gasteiger partial charge in [0.15, 0.2) is 0 Å². The number of ketones is 1. The largest absolute Gasteiger partial charge is 0.447 e. The van der Waals surface area contributed by atoms with Crippen LogP contribution in [0.4, 0.5) is 4.79 Å². The van der Waals surface area contributed by atoms with Crippen molar-refractivity contribution < 1.29 is 23.6 Å². The SMILES string of the molecule is CC(C)CC(NC(=O)OC(C)(C)C)C(=O)c1noc(OCCN(C)C)n1. The quantitative estimate of drug-likeness (QED) is 0.659. The monoisotopic (exact) mass is 370 g/mol. The Morgan fingerprint density at radius 2 is 1.92 bits per heavy atom. The molecule has 1 heterocycles. The molecule has 0 saturated heterocycles. The zero-order valence-corrected chi connectivity index (χ0v) is 16.7. The van der Waals surface area contributed by atoms with E-state index in [1.807, 2.05) is 32.8 Å². The lowest BCUT2D eigenvalue weighted by Crippen LogP contribution is -2.44. The van der Waals surface area contributed by atoms with Crippen LogP contribution in [-0.2, 0) is 4.74 Å². The number of carbonyl (C=O) groups excluding carboxylic acids is 2. The number of nitrogens with one attached hydrogen (secondary N) is 1. The van der Waals surface area contributed by atoms with Crippen LogP contribution in [0, 0.1) is 5.92 Å². The number of Topliss-reactive ketones (excluding diaryl/α,β-unsaturated/α-hetero) is 1. The zero-order valence-electron chi connectivity index (χ0n) is 16.7. The molecule has 148 valence electrons. The van der Waals surface area contributed by atoms with E-state index in [0.717, 1.165) is 0 Å². The molecule has 0 fully saturated rings. The predicted molar refractivity (Wildman–Crippen MR) is 95.3 cm³/mol. The van der Waals surface area contributed by atoms with E-state index < -0.39 is 23.5 Å². The fourth-order valence-corrected chi connectivity index (χ4v) is 1.99. The molecule has 1 N–H and O–H groups in total. The van der Waals surface area contributed by atoms with E-state index in [4.69, 9.17) is 14.0 Å². The van der Waals surface area contributed by atoms with Crippen molar-refractivity contribution in [2.45, 2.75) is 52.7 Å². The lowest BCUT2D eigenvalue weighted by atomic mass is 10.00. The summed E-state index contributed by atoms with van der Waals surface area (Å²) in [6, 6.07) is -0.808. The molecular formula is C17H30N4O5. The highest BCUT2D eigenvalue weighted by Crippen LogP contribution is 2.14. The average Bonchev–Trinajstić information content (AvgIpc) is 2.91. The first-order valence-corrected chi connectivity index (χ1v) is 8.63. The number of alkyl carbamates (subject to hydrolysis) is 1. The molecule has 0 aliphatic rings. The lowest BCUT2D eigenvalue weighted by molar-refractivity contribution is 0.0483. The molecule has 1 aromatic heterocycles. The summed E-state index contributed by atoms with van der Waals surface area (Å²) in [6.07, 6.45) is -0.318. The summed E-state index contributed by atoms with van der Waals surface area (Å²) >= 11 is 0. The standard InChI is InChI=1S/C17H30N4O5/c1-11(2)10-12(18-15(23)25-17(3,4)5)13(22)14-19-16(26-20-14)24-9-8-21(6)7/h11-12H,8-10H2,1-7H3,(H,18,23). The minimum Gasteiger partial charge on any atom is -0.447 e.